The number of aromatic amines is 1. The number of aromatic nitrogens is 5. The Morgan fingerprint density at radius 1 is 1.46 bits per heavy atom. The highest BCUT2D eigenvalue weighted by Gasteiger charge is 2.28. The third-order valence-corrected chi connectivity index (χ3v) is 5.11. The molecule has 0 saturated carbocycles. The number of likely N-dealkylation sites (tertiary alicyclic amines) is 1. The maximum absolute atomic E-state index is 5.34. The van der Waals surface area contributed by atoms with Crippen molar-refractivity contribution in [2.45, 2.75) is 32.9 Å². The predicted molar refractivity (Wildman–Crippen MR) is 106 cm³/mol. The summed E-state index contributed by atoms with van der Waals surface area (Å²) in [5.41, 5.74) is 0. The molecule has 28 heavy (non-hydrogen) atoms. The number of nitrogens with zero attached hydrogens (tertiary/aromatic N) is 6. The number of rotatable bonds is 5. The SMILES string of the molecule is CCNC(=NCc1nc(-c2ccco2)n[nH]1)N1CCC(C)C(n2ccnc2)C1. The topological polar surface area (TPSA) is 100 Å². The Kier molecular flexibility index (Phi) is 5.41. The number of piperidine rings is 1. The van der Waals surface area contributed by atoms with Crippen molar-refractivity contribution in [1.29, 1.82) is 0 Å². The van der Waals surface area contributed by atoms with Gasteiger partial charge in [-0.1, -0.05) is 6.92 Å². The summed E-state index contributed by atoms with van der Waals surface area (Å²) in [7, 11) is 0. The minimum atomic E-state index is 0.385. The molecule has 3 aromatic rings. The zero-order valence-corrected chi connectivity index (χ0v) is 16.2. The molecule has 0 bridgehead atoms. The summed E-state index contributed by atoms with van der Waals surface area (Å²) < 4.78 is 7.54. The molecule has 1 saturated heterocycles. The number of hydrogen-bond donors (Lipinski definition) is 2. The maximum atomic E-state index is 5.34. The highest BCUT2D eigenvalue weighted by molar-refractivity contribution is 5.80. The van der Waals surface area contributed by atoms with Crippen LogP contribution < -0.4 is 5.32 Å². The normalized spacial score (nSPS) is 20.5. The average Bonchev–Trinajstić information content (AvgIpc) is 3.48. The summed E-state index contributed by atoms with van der Waals surface area (Å²) in [6.07, 6.45) is 8.50. The van der Waals surface area contributed by atoms with Gasteiger partial charge in [-0.25, -0.2) is 15.0 Å². The monoisotopic (exact) mass is 382 g/mol. The number of guanidine groups is 1. The molecule has 4 rings (SSSR count). The number of H-pyrrole nitrogens is 1. The molecule has 0 aromatic carbocycles. The Balaban J connectivity index is 1.47. The van der Waals surface area contributed by atoms with Crippen LogP contribution in [0.2, 0.25) is 0 Å². The van der Waals surface area contributed by atoms with Crippen LogP contribution in [0.1, 0.15) is 32.1 Å². The second-order valence-electron chi connectivity index (χ2n) is 7.04. The molecule has 3 aromatic heterocycles. The molecule has 4 heterocycles. The molecular weight excluding hydrogens is 356 g/mol. The van der Waals surface area contributed by atoms with Crippen LogP contribution in [0.4, 0.5) is 0 Å². The van der Waals surface area contributed by atoms with Crippen molar-refractivity contribution in [1.82, 2.24) is 34.9 Å². The zero-order chi connectivity index (χ0) is 19.3. The fourth-order valence-corrected chi connectivity index (χ4v) is 3.55. The summed E-state index contributed by atoms with van der Waals surface area (Å²) in [5, 5.41) is 10.6. The molecule has 0 aliphatic carbocycles. The molecular formula is C19H26N8O. The number of imidazole rings is 1. The van der Waals surface area contributed by atoms with Crippen molar-refractivity contribution in [2.24, 2.45) is 10.9 Å². The van der Waals surface area contributed by atoms with Gasteiger partial charge in [-0.3, -0.25) is 5.10 Å². The minimum Gasteiger partial charge on any atom is -0.461 e. The van der Waals surface area contributed by atoms with Crippen LogP contribution in [0.15, 0.2) is 46.5 Å². The van der Waals surface area contributed by atoms with Crippen molar-refractivity contribution in [3.8, 4) is 11.6 Å². The molecule has 0 radical (unpaired) electrons. The van der Waals surface area contributed by atoms with Crippen LogP contribution in [0.25, 0.3) is 11.6 Å². The number of hydrogen-bond acceptors (Lipinski definition) is 5. The van der Waals surface area contributed by atoms with Gasteiger partial charge in [0.2, 0.25) is 5.82 Å². The minimum absolute atomic E-state index is 0.385. The Hall–Kier alpha value is -3.10. The molecule has 148 valence electrons. The lowest BCUT2D eigenvalue weighted by atomic mass is 9.93. The van der Waals surface area contributed by atoms with E-state index >= 15 is 0 Å². The van der Waals surface area contributed by atoms with Crippen LogP contribution in [0.5, 0.6) is 0 Å². The summed E-state index contributed by atoms with van der Waals surface area (Å²) in [6.45, 7) is 7.51. The van der Waals surface area contributed by atoms with Gasteiger partial charge in [0, 0.05) is 32.0 Å². The highest BCUT2D eigenvalue weighted by atomic mass is 16.3. The predicted octanol–water partition coefficient (Wildman–Crippen LogP) is 2.31. The van der Waals surface area contributed by atoms with Crippen molar-refractivity contribution >= 4 is 5.96 Å². The second-order valence-corrected chi connectivity index (χ2v) is 7.04. The van der Waals surface area contributed by atoms with Crippen LogP contribution in [-0.2, 0) is 6.54 Å². The first kappa shape index (κ1) is 18.3. The van der Waals surface area contributed by atoms with Crippen LogP contribution >= 0.6 is 0 Å². The molecule has 2 unspecified atom stereocenters. The summed E-state index contributed by atoms with van der Waals surface area (Å²) in [5.74, 6) is 3.39. The molecule has 1 aliphatic heterocycles. The van der Waals surface area contributed by atoms with E-state index in [4.69, 9.17) is 9.41 Å². The lowest BCUT2D eigenvalue weighted by molar-refractivity contribution is 0.189. The molecule has 9 nitrogen and oxygen atoms in total. The molecule has 0 amide bonds. The fourth-order valence-electron chi connectivity index (χ4n) is 3.55. The standard InChI is InChI=1S/C19H26N8O/c1-3-21-19(22-11-17-23-18(25-24-17)16-5-4-10-28-16)26-8-6-14(2)15(12-26)27-9-7-20-13-27/h4-5,7,9-10,13-15H,3,6,8,11-12H2,1-2H3,(H,21,22)(H,23,24,25). The van der Waals surface area contributed by atoms with Gasteiger partial charge in [0.15, 0.2) is 11.7 Å². The third-order valence-electron chi connectivity index (χ3n) is 5.11. The Morgan fingerprint density at radius 2 is 2.39 bits per heavy atom. The Bertz CT molecular complexity index is 883. The highest BCUT2D eigenvalue weighted by Crippen LogP contribution is 2.27. The zero-order valence-electron chi connectivity index (χ0n) is 16.2. The van der Waals surface area contributed by atoms with Gasteiger partial charge in [-0.15, -0.1) is 5.10 Å². The van der Waals surface area contributed by atoms with Crippen LogP contribution in [0.3, 0.4) is 0 Å². The van der Waals surface area contributed by atoms with E-state index in [0.717, 1.165) is 32.0 Å². The van der Waals surface area contributed by atoms with E-state index < -0.39 is 0 Å². The van der Waals surface area contributed by atoms with E-state index in [1.807, 2.05) is 30.9 Å². The maximum Gasteiger partial charge on any atom is 0.216 e. The van der Waals surface area contributed by atoms with E-state index in [1.165, 1.54) is 0 Å². The number of nitrogens with one attached hydrogen (secondary N) is 2. The first-order valence-electron chi connectivity index (χ1n) is 9.70. The summed E-state index contributed by atoms with van der Waals surface area (Å²) in [6, 6.07) is 4.04. The molecule has 2 atom stereocenters. The summed E-state index contributed by atoms with van der Waals surface area (Å²) in [4.78, 5) is 15.8. The molecule has 1 fully saturated rings. The van der Waals surface area contributed by atoms with Gasteiger partial charge in [0.05, 0.1) is 18.6 Å². The Labute approximate surface area is 163 Å². The number of aliphatic imine (C=N–C) groups is 1. The first-order valence-corrected chi connectivity index (χ1v) is 9.70. The van der Waals surface area contributed by atoms with Crippen LogP contribution in [-0.4, -0.2) is 55.2 Å². The average molecular weight is 382 g/mol. The molecule has 2 N–H and O–H groups in total. The van der Waals surface area contributed by atoms with Gasteiger partial charge in [-0.2, -0.15) is 0 Å². The lowest BCUT2D eigenvalue weighted by Crippen LogP contribution is -2.49. The van der Waals surface area contributed by atoms with Gasteiger partial charge >= 0.3 is 0 Å². The lowest BCUT2D eigenvalue weighted by Gasteiger charge is -2.39. The van der Waals surface area contributed by atoms with Gasteiger partial charge in [0.1, 0.15) is 12.4 Å². The van der Waals surface area contributed by atoms with E-state index in [2.05, 4.69) is 48.8 Å². The van der Waals surface area contributed by atoms with E-state index in [1.54, 1.807) is 6.26 Å². The smallest absolute Gasteiger partial charge is 0.216 e. The van der Waals surface area contributed by atoms with Gasteiger partial charge in [0.25, 0.3) is 0 Å². The molecule has 1 aliphatic rings. The quantitative estimate of drug-likeness (QED) is 0.519. The largest absolute Gasteiger partial charge is 0.461 e. The van der Waals surface area contributed by atoms with Crippen molar-refractivity contribution in [3.05, 3.63) is 42.9 Å². The van der Waals surface area contributed by atoms with E-state index in [9.17, 15) is 0 Å². The van der Waals surface area contributed by atoms with E-state index in [-0.39, 0.29) is 0 Å². The second kappa shape index (κ2) is 8.28. The van der Waals surface area contributed by atoms with Crippen molar-refractivity contribution < 1.29 is 4.42 Å². The van der Waals surface area contributed by atoms with Gasteiger partial charge in [-0.05, 0) is 31.4 Å². The Morgan fingerprint density at radius 3 is 3.14 bits per heavy atom. The molecule has 9 heteroatoms. The van der Waals surface area contributed by atoms with Crippen LogP contribution in [0, 0.1) is 5.92 Å². The van der Waals surface area contributed by atoms with Gasteiger partial charge < -0.3 is 19.2 Å². The van der Waals surface area contributed by atoms with Crippen molar-refractivity contribution in [2.75, 3.05) is 19.6 Å². The van der Waals surface area contributed by atoms with Crippen molar-refractivity contribution in [3.63, 3.8) is 0 Å². The molecule has 0 spiro atoms. The number of furan rings is 1. The summed E-state index contributed by atoms with van der Waals surface area (Å²) >= 11 is 0. The first-order chi connectivity index (χ1) is 13.7. The van der Waals surface area contributed by atoms with E-state index in [0.29, 0.717) is 35.9 Å². The third kappa shape index (κ3) is 3.92. The fraction of sp³-hybridized carbons (Fsp3) is 0.474.